The Bertz CT molecular complexity index is 819. The van der Waals surface area contributed by atoms with Gasteiger partial charge >= 0.3 is 0 Å². The molecule has 7 nitrogen and oxygen atoms in total. The van der Waals surface area contributed by atoms with Crippen LogP contribution in [0.3, 0.4) is 0 Å². The minimum atomic E-state index is -0.713. The SMILES string of the molecule is Cc1ccc(SCCCN(C)C(=O)c2cc3n(n2)C[C@@H](O)CNC3=O)cc1. The van der Waals surface area contributed by atoms with Gasteiger partial charge in [0.25, 0.3) is 11.8 Å². The highest BCUT2D eigenvalue weighted by molar-refractivity contribution is 7.99. The minimum absolute atomic E-state index is 0.185. The average Bonchev–Trinajstić information content (AvgIpc) is 3.02. The fourth-order valence-electron chi connectivity index (χ4n) is 2.83. The smallest absolute Gasteiger partial charge is 0.274 e. The van der Waals surface area contributed by atoms with Crippen molar-refractivity contribution in [1.82, 2.24) is 20.0 Å². The van der Waals surface area contributed by atoms with Gasteiger partial charge in [-0.1, -0.05) is 17.7 Å². The van der Waals surface area contributed by atoms with Gasteiger partial charge in [-0.15, -0.1) is 11.8 Å². The number of β-amino-alcohol motifs (C(OH)–C–C–N with tert-alkyl or cyclic N) is 1. The molecule has 8 heteroatoms. The molecule has 2 aromatic rings. The maximum atomic E-state index is 12.6. The van der Waals surface area contributed by atoms with Crippen molar-refractivity contribution in [2.75, 3.05) is 25.9 Å². The number of aliphatic hydroxyl groups is 1. The van der Waals surface area contributed by atoms with Gasteiger partial charge in [0.05, 0.1) is 12.6 Å². The molecule has 1 aromatic carbocycles. The summed E-state index contributed by atoms with van der Waals surface area (Å²) in [6.45, 7) is 3.05. The van der Waals surface area contributed by atoms with E-state index in [9.17, 15) is 14.7 Å². The molecule has 2 amide bonds. The Balaban J connectivity index is 1.53. The molecule has 0 saturated carbocycles. The Hall–Kier alpha value is -2.32. The number of hydrogen-bond acceptors (Lipinski definition) is 5. The summed E-state index contributed by atoms with van der Waals surface area (Å²) in [5.74, 6) is 0.364. The number of carbonyl (C=O) groups is 2. The first-order valence-corrected chi connectivity index (χ1v) is 9.91. The lowest BCUT2D eigenvalue weighted by atomic mass is 10.2. The van der Waals surface area contributed by atoms with E-state index in [2.05, 4.69) is 41.6 Å². The number of thioether (sulfide) groups is 1. The zero-order valence-corrected chi connectivity index (χ0v) is 16.3. The molecule has 0 unspecified atom stereocenters. The van der Waals surface area contributed by atoms with Crippen molar-refractivity contribution in [1.29, 1.82) is 0 Å². The van der Waals surface area contributed by atoms with Crippen LogP contribution in [-0.2, 0) is 6.54 Å². The van der Waals surface area contributed by atoms with E-state index in [-0.39, 0.29) is 30.6 Å². The summed E-state index contributed by atoms with van der Waals surface area (Å²) < 4.78 is 1.40. The summed E-state index contributed by atoms with van der Waals surface area (Å²) in [4.78, 5) is 27.4. The standard InChI is InChI=1S/C19H24N4O3S/c1-13-4-6-15(7-5-13)27-9-3-8-22(2)19(26)16-10-17-18(25)20-11-14(24)12-23(17)21-16/h4-7,10,14,24H,3,8-9,11-12H2,1-2H3,(H,20,25)/t14-/m0/s1. The van der Waals surface area contributed by atoms with Crippen LogP contribution in [0.2, 0.25) is 0 Å². The lowest BCUT2D eigenvalue weighted by molar-refractivity contribution is 0.0787. The van der Waals surface area contributed by atoms with Gasteiger partial charge in [-0.2, -0.15) is 5.10 Å². The van der Waals surface area contributed by atoms with Crippen LogP contribution in [0.25, 0.3) is 0 Å². The predicted octanol–water partition coefficient (Wildman–Crippen LogP) is 1.55. The van der Waals surface area contributed by atoms with E-state index in [4.69, 9.17) is 0 Å². The van der Waals surface area contributed by atoms with Crippen molar-refractivity contribution in [3.05, 3.63) is 47.3 Å². The molecule has 0 radical (unpaired) electrons. The zero-order valence-electron chi connectivity index (χ0n) is 15.5. The highest BCUT2D eigenvalue weighted by Crippen LogP contribution is 2.19. The van der Waals surface area contributed by atoms with Crippen LogP contribution in [0.1, 0.15) is 33.0 Å². The number of benzene rings is 1. The van der Waals surface area contributed by atoms with Crippen molar-refractivity contribution >= 4 is 23.6 Å². The molecule has 1 aliphatic rings. The highest BCUT2D eigenvalue weighted by atomic mass is 32.2. The fourth-order valence-corrected chi connectivity index (χ4v) is 3.67. The molecule has 1 aromatic heterocycles. The Labute approximate surface area is 162 Å². The first kappa shape index (κ1) is 19.4. The third kappa shape index (κ3) is 4.90. The van der Waals surface area contributed by atoms with Gasteiger partial charge in [0.2, 0.25) is 0 Å². The topological polar surface area (TPSA) is 87.5 Å². The van der Waals surface area contributed by atoms with Crippen molar-refractivity contribution in [3.8, 4) is 0 Å². The number of nitrogens with one attached hydrogen (secondary N) is 1. The molecule has 3 rings (SSSR count). The van der Waals surface area contributed by atoms with Crippen LogP contribution in [-0.4, -0.2) is 63.6 Å². The fraction of sp³-hybridized carbons (Fsp3) is 0.421. The van der Waals surface area contributed by atoms with Crippen LogP contribution in [0.15, 0.2) is 35.2 Å². The molecule has 0 spiro atoms. The van der Waals surface area contributed by atoms with Crippen LogP contribution in [0.4, 0.5) is 0 Å². The number of fused-ring (bicyclic) bond motifs is 1. The Kier molecular flexibility index (Phi) is 6.18. The van der Waals surface area contributed by atoms with Crippen molar-refractivity contribution in [2.24, 2.45) is 0 Å². The van der Waals surface area contributed by atoms with Crippen molar-refractivity contribution in [3.63, 3.8) is 0 Å². The number of aryl methyl sites for hydroxylation is 1. The van der Waals surface area contributed by atoms with Gasteiger partial charge in [-0.25, -0.2) is 0 Å². The molecule has 1 aliphatic heterocycles. The van der Waals surface area contributed by atoms with E-state index in [1.807, 2.05) is 0 Å². The van der Waals surface area contributed by atoms with E-state index in [0.717, 1.165) is 12.2 Å². The Morgan fingerprint density at radius 2 is 2.15 bits per heavy atom. The number of amides is 2. The quantitative estimate of drug-likeness (QED) is 0.579. The Morgan fingerprint density at radius 3 is 2.89 bits per heavy atom. The molecule has 0 fully saturated rings. The largest absolute Gasteiger partial charge is 0.389 e. The number of aromatic nitrogens is 2. The molecule has 0 bridgehead atoms. The minimum Gasteiger partial charge on any atom is -0.389 e. The van der Waals surface area contributed by atoms with Crippen LogP contribution in [0.5, 0.6) is 0 Å². The first-order chi connectivity index (χ1) is 12.9. The maximum Gasteiger partial charge on any atom is 0.274 e. The molecule has 0 aliphatic carbocycles. The normalized spacial score (nSPS) is 16.4. The summed E-state index contributed by atoms with van der Waals surface area (Å²) in [6, 6.07) is 9.88. The van der Waals surface area contributed by atoms with E-state index in [1.54, 1.807) is 23.7 Å². The predicted molar refractivity (Wildman–Crippen MR) is 104 cm³/mol. The second-order valence-corrected chi connectivity index (χ2v) is 7.87. The number of nitrogens with zero attached hydrogens (tertiary/aromatic N) is 3. The molecule has 144 valence electrons. The summed E-state index contributed by atoms with van der Waals surface area (Å²) in [5, 5.41) is 16.6. The van der Waals surface area contributed by atoms with Gasteiger partial charge < -0.3 is 15.3 Å². The average molecular weight is 388 g/mol. The summed E-state index contributed by atoms with van der Waals surface area (Å²) in [6.07, 6.45) is 0.141. The van der Waals surface area contributed by atoms with E-state index >= 15 is 0 Å². The monoisotopic (exact) mass is 388 g/mol. The van der Waals surface area contributed by atoms with Gasteiger partial charge in [0, 0.05) is 31.1 Å². The molecule has 0 saturated heterocycles. The summed E-state index contributed by atoms with van der Waals surface area (Å²) >= 11 is 1.77. The van der Waals surface area contributed by atoms with Crippen molar-refractivity contribution in [2.45, 2.75) is 30.9 Å². The van der Waals surface area contributed by atoms with Crippen LogP contribution >= 0.6 is 11.8 Å². The molecule has 2 heterocycles. The number of carbonyl (C=O) groups excluding carboxylic acids is 2. The molecule has 2 N–H and O–H groups in total. The van der Waals surface area contributed by atoms with Gasteiger partial charge in [0.1, 0.15) is 5.69 Å². The van der Waals surface area contributed by atoms with E-state index in [0.29, 0.717) is 12.2 Å². The molecular formula is C19H24N4O3S. The van der Waals surface area contributed by atoms with Gasteiger partial charge in [-0.3, -0.25) is 14.3 Å². The van der Waals surface area contributed by atoms with Crippen molar-refractivity contribution < 1.29 is 14.7 Å². The first-order valence-electron chi connectivity index (χ1n) is 8.93. The third-order valence-corrected chi connectivity index (χ3v) is 5.49. The van der Waals surface area contributed by atoms with Gasteiger partial charge in [0.15, 0.2) is 5.69 Å². The third-order valence-electron chi connectivity index (χ3n) is 4.39. The molecular weight excluding hydrogens is 364 g/mol. The number of hydrogen-bond donors (Lipinski definition) is 2. The molecule has 1 atom stereocenters. The summed E-state index contributed by atoms with van der Waals surface area (Å²) in [7, 11) is 1.73. The number of rotatable bonds is 6. The van der Waals surface area contributed by atoms with Gasteiger partial charge in [-0.05, 0) is 31.2 Å². The van der Waals surface area contributed by atoms with Crippen LogP contribution < -0.4 is 5.32 Å². The highest BCUT2D eigenvalue weighted by Gasteiger charge is 2.25. The lowest BCUT2D eigenvalue weighted by Crippen LogP contribution is -2.30. The second kappa shape index (κ2) is 8.58. The maximum absolute atomic E-state index is 12.6. The van der Waals surface area contributed by atoms with E-state index < -0.39 is 6.10 Å². The summed E-state index contributed by atoms with van der Waals surface area (Å²) in [5.41, 5.74) is 1.77. The number of aliphatic hydroxyl groups excluding tert-OH is 1. The second-order valence-electron chi connectivity index (χ2n) is 6.70. The Morgan fingerprint density at radius 1 is 1.41 bits per heavy atom. The molecule has 27 heavy (non-hydrogen) atoms. The van der Waals surface area contributed by atoms with Crippen LogP contribution in [0, 0.1) is 6.92 Å². The van der Waals surface area contributed by atoms with E-state index in [1.165, 1.54) is 21.2 Å². The lowest BCUT2D eigenvalue weighted by Gasteiger charge is -2.15. The zero-order chi connectivity index (χ0) is 19.4.